The molecule has 0 spiro atoms. The zero-order valence-electron chi connectivity index (χ0n) is 11.7. The van der Waals surface area contributed by atoms with Gasteiger partial charge in [-0.3, -0.25) is 4.79 Å². The van der Waals surface area contributed by atoms with Gasteiger partial charge in [0, 0.05) is 18.7 Å². The largest absolute Gasteiger partial charge is 0.335 e. The molecule has 3 heteroatoms. The van der Waals surface area contributed by atoms with Gasteiger partial charge in [0.15, 0.2) is 0 Å². The first-order valence-electron chi connectivity index (χ1n) is 6.52. The normalized spacial score (nSPS) is 17.5. The van der Waals surface area contributed by atoms with Crippen molar-refractivity contribution in [3.63, 3.8) is 0 Å². The predicted molar refractivity (Wildman–Crippen MR) is 73.8 cm³/mol. The molecule has 0 aliphatic carbocycles. The standard InChI is InChI=1S/C15H22N2O/c1-5-15(16)8-17(9-15)14(18)13-11(3)6-10(2)7-12(13)4/h6-7H,5,8-9,16H2,1-4H3. The Morgan fingerprint density at radius 2 is 1.78 bits per heavy atom. The molecule has 2 N–H and O–H groups in total. The quantitative estimate of drug-likeness (QED) is 0.869. The first kappa shape index (κ1) is 13.1. The van der Waals surface area contributed by atoms with E-state index in [2.05, 4.69) is 26.0 Å². The number of aryl methyl sites for hydroxylation is 3. The van der Waals surface area contributed by atoms with Crippen LogP contribution in [-0.2, 0) is 0 Å². The van der Waals surface area contributed by atoms with Crippen LogP contribution in [0.15, 0.2) is 12.1 Å². The van der Waals surface area contributed by atoms with Crippen LogP contribution in [0.3, 0.4) is 0 Å². The van der Waals surface area contributed by atoms with Gasteiger partial charge >= 0.3 is 0 Å². The molecule has 0 radical (unpaired) electrons. The third-order valence-electron chi connectivity index (χ3n) is 3.89. The summed E-state index contributed by atoms with van der Waals surface area (Å²) in [6.07, 6.45) is 0.919. The fourth-order valence-electron chi connectivity index (χ4n) is 2.76. The number of likely N-dealkylation sites (tertiary alicyclic amines) is 1. The highest BCUT2D eigenvalue weighted by atomic mass is 16.2. The van der Waals surface area contributed by atoms with Crippen molar-refractivity contribution >= 4 is 5.91 Å². The molecular formula is C15H22N2O. The highest BCUT2D eigenvalue weighted by Crippen LogP contribution is 2.26. The van der Waals surface area contributed by atoms with Gasteiger partial charge in [-0.2, -0.15) is 0 Å². The van der Waals surface area contributed by atoms with Crippen LogP contribution in [0.4, 0.5) is 0 Å². The molecule has 98 valence electrons. The number of hydrogen-bond acceptors (Lipinski definition) is 2. The van der Waals surface area contributed by atoms with E-state index in [9.17, 15) is 4.79 Å². The molecular weight excluding hydrogens is 224 g/mol. The Bertz CT molecular complexity index is 464. The number of amides is 1. The maximum atomic E-state index is 12.5. The van der Waals surface area contributed by atoms with Crippen LogP contribution >= 0.6 is 0 Å². The highest BCUT2D eigenvalue weighted by Gasteiger charge is 2.41. The van der Waals surface area contributed by atoms with Crippen molar-refractivity contribution in [1.29, 1.82) is 0 Å². The lowest BCUT2D eigenvalue weighted by atomic mass is 9.87. The molecule has 1 aromatic rings. The molecule has 0 atom stereocenters. The van der Waals surface area contributed by atoms with E-state index in [0.717, 1.165) is 23.1 Å². The van der Waals surface area contributed by atoms with E-state index in [0.29, 0.717) is 13.1 Å². The molecule has 1 aliphatic heterocycles. The smallest absolute Gasteiger partial charge is 0.254 e. The van der Waals surface area contributed by atoms with Crippen LogP contribution in [0.5, 0.6) is 0 Å². The second kappa shape index (κ2) is 4.39. The molecule has 2 rings (SSSR count). The Morgan fingerprint density at radius 1 is 1.28 bits per heavy atom. The molecule has 1 aromatic carbocycles. The van der Waals surface area contributed by atoms with Crippen LogP contribution in [0, 0.1) is 20.8 Å². The van der Waals surface area contributed by atoms with E-state index in [1.807, 2.05) is 18.7 Å². The average Bonchev–Trinajstić information content (AvgIpc) is 2.23. The second-order valence-electron chi connectivity index (χ2n) is 5.65. The number of benzene rings is 1. The van der Waals surface area contributed by atoms with Crippen LogP contribution in [-0.4, -0.2) is 29.4 Å². The monoisotopic (exact) mass is 246 g/mol. The maximum Gasteiger partial charge on any atom is 0.254 e. The summed E-state index contributed by atoms with van der Waals surface area (Å²) in [5, 5.41) is 0. The summed E-state index contributed by atoms with van der Waals surface area (Å²) in [4.78, 5) is 14.3. The lowest BCUT2D eigenvalue weighted by Crippen LogP contribution is -2.68. The summed E-state index contributed by atoms with van der Waals surface area (Å²) >= 11 is 0. The summed E-state index contributed by atoms with van der Waals surface area (Å²) < 4.78 is 0. The summed E-state index contributed by atoms with van der Waals surface area (Å²) in [5.74, 6) is 0.125. The first-order valence-corrected chi connectivity index (χ1v) is 6.52. The molecule has 1 saturated heterocycles. The molecule has 1 amide bonds. The van der Waals surface area contributed by atoms with Gasteiger partial charge in [-0.15, -0.1) is 0 Å². The van der Waals surface area contributed by atoms with E-state index in [1.165, 1.54) is 5.56 Å². The predicted octanol–water partition coefficient (Wildman–Crippen LogP) is 2.18. The number of carbonyl (C=O) groups excluding carboxylic acids is 1. The number of hydrogen-bond donors (Lipinski definition) is 1. The molecule has 1 aliphatic rings. The molecule has 1 fully saturated rings. The Hall–Kier alpha value is -1.35. The topological polar surface area (TPSA) is 46.3 Å². The van der Waals surface area contributed by atoms with Gasteiger partial charge in [0.2, 0.25) is 0 Å². The summed E-state index contributed by atoms with van der Waals surface area (Å²) in [6.45, 7) is 9.49. The summed E-state index contributed by atoms with van der Waals surface area (Å²) in [6, 6.07) is 4.13. The Kier molecular flexibility index (Phi) is 3.20. The number of nitrogens with two attached hydrogens (primary N) is 1. The Labute approximate surface area is 109 Å². The van der Waals surface area contributed by atoms with Crippen molar-refractivity contribution in [3.05, 3.63) is 34.4 Å². The molecule has 18 heavy (non-hydrogen) atoms. The van der Waals surface area contributed by atoms with Crippen LogP contribution in [0.25, 0.3) is 0 Å². The van der Waals surface area contributed by atoms with Gasteiger partial charge in [0.25, 0.3) is 5.91 Å². The van der Waals surface area contributed by atoms with Gasteiger partial charge in [-0.1, -0.05) is 24.6 Å². The van der Waals surface area contributed by atoms with Gasteiger partial charge in [0.1, 0.15) is 0 Å². The number of rotatable bonds is 2. The number of carbonyl (C=O) groups is 1. The van der Waals surface area contributed by atoms with E-state index < -0.39 is 0 Å². The highest BCUT2D eigenvalue weighted by molar-refractivity contribution is 5.97. The molecule has 0 saturated carbocycles. The van der Waals surface area contributed by atoms with Crippen molar-refractivity contribution in [2.75, 3.05) is 13.1 Å². The third-order valence-corrected chi connectivity index (χ3v) is 3.89. The zero-order valence-corrected chi connectivity index (χ0v) is 11.7. The van der Waals surface area contributed by atoms with Crippen LogP contribution < -0.4 is 5.73 Å². The van der Waals surface area contributed by atoms with Gasteiger partial charge in [-0.25, -0.2) is 0 Å². The third kappa shape index (κ3) is 2.15. The van der Waals surface area contributed by atoms with Gasteiger partial charge in [0.05, 0.1) is 5.54 Å². The fraction of sp³-hybridized carbons (Fsp3) is 0.533. The van der Waals surface area contributed by atoms with E-state index >= 15 is 0 Å². The van der Waals surface area contributed by atoms with Gasteiger partial charge in [-0.05, 0) is 38.3 Å². The lowest BCUT2D eigenvalue weighted by molar-refractivity contribution is 0.0400. The van der Waals surface area contributed by atoms with E-state index in [-0.39, 0.29) is 11.4 Å². The fourth-order valence-corrected chi connectivity index (χ4v) is 2.76. The first-order chi connectivity index (χ1) is 8.36. The summed E-state index contributed by atoms with van der Waals surface area (Å²) in [7, 11) is 0. The van der Waals surface area contributed by atoms with E-state index in [1.54, 1.807) is 0 Å². The van der Waals surface area contributed by atoms with Crippen molar-refractivity contribution in [1.82, 2.24) is 4.90 Å². The van der Waals surface area contributed by atoms with Crippen molar-refractivity contribution in [2.45, 2.75) is 39.7 Å². The molecule has 0 bridgehead atoms. The van der Waals surface area contributed by atoms with Gasteiger partial charge < -0.3 is 10.6 Å². The minimum absolute atomic E-state index is 0.125. The maximum absolute atomic E-state index is 12.5. The minimum Gasteiger partial charge on any atom is -0.335 e. The molecule has 0 aromatic heterocycles. The Morgan fingerprint density at radius 3 is 2.22 bits per heavy atom. The van der Waals surface area contributed by atoms with Crippen LogP contribution in [0.2, 0.25) is 0 Å². The van der Waals surface area contributed by atoms with Crippen molar-refractivity contribution in [3.8, 4) is 0 Å². The van der Waals surface area contributed by atoms with Crippen LogP contribution in [0.1, 0.15) is 40.4 Å². The minimum atomic E-state index is -0.165. The molecule has 0 unspecified atom stereocenters. The zero-order chi connectivity index (χ0) is 13.5. The van der Waals surface area contributed by atoms with Crippen molar-refractivity contribution < 1.29 is 4.79 Å². The summed E-state index contributed by atoms with van der Waals surface area (Å²) in [5.41, 5.74) is 10.1. The Balaban J connectivity index is 2.21. The average molecular weight is 246 g/mol. The lowest BCUT2D eigenvalue weighted by Gasteiger charge is -2.47. The molecule has 3 nitrogen and oxygen atoms in total. The number of nitrogens with zero attached hydrogens (tertiary/aromatic N) is 1. The second-order valence-corrected chi connectivity index (χ2v) is 5.65. The molecule has 1 heterocycles. The van der Waals surface area contributed by atoms with Crippen molar-refractivity contribution in [2.24, 2.45) is 5.73 Å². The SMILES string of the molecule is CCC1(N)CN(C(=O)c2c(C)cc(C)cc2C)C1. The van der Waals surface area contributed by atoms with E-state index in [4.69, 9.17) is 5.73 Å².